The first kappa shape index (κ1) is 14.0. The van der Waals surface area contributed by atoms with Crippen LogP contribution in [0.15, 0.2) is 41.9 Å². The Bertz CT molecular complexity index is 611. The smallest absolute Gasteiger partial charge is 0.242 e. The second-order valence-electron chi connectivity index (χ2n) is 3.87. The Morgan fingerprint density at radius 3 is 2.84 bits per heavy atom. The van der Waals surface area contributed by atoms with Crippen LogP contribution in [0.5, 0.6) is 0 Å². The van der Waals surface area contributed by atoms with Crippen LogP contribution in [0.4, 0.5) is 0 Å². The van der Waals surface area contributed by atoms with E-state index in [4.69, 9.17) is 11.6 Å². The summed E-state index contributed by atoms with van der Waals surface area (Å²) in [4.78, 5) is 7.77. The summed E-state index contributed by atoms with van der Waals surface area (Å²) in [7, 11) is -3.51. The fraction of sp³-hybridized carbons (Fsp3) is 0.273. The number of sulfonamides is 1. The standard InChI is InChI=1S/C11H13ClN4O2S/c12-11-3-2-10(8-14-11)19(17,18)15-4-1-6-16-7-5-13-9-16/h2-3,5,7-9,15H,1,4,6H2. The van der Waals surface area contributed by atoms with E-state index in [0.29, 0.717) is 19.5 Å². The number of nitrogens with zero attached hydrogens (tertiary/aromatic N) is 3. The lowest BCUT2D eigenvalue weighted by atomic mass is 10.4. The van der Waals surface area contributed by atoms with Crippen LogP contribution in [0, 0.1) is 0 Å². The van der Waals surface area contributed by atoms with Gasteiger partial charge in [0, 0.05) is 31.7 Å². The molecule has 0 unspecified atom stereocenters. The Morgan fingerprint density at radius 1 is 1.37 bits per heavy atom. The second kappa shape index (κ2) is 6.14. The lowest BCUT2D eigenvalue weighted by molar-refractivity contribution is 0.569. The quantitative estimate of drug-likeness (QED) is 0.644. The molecule has 19 heavy (non-hydrogen) atoms. The molecule has 102 valence electrons. The number of aromatic nitrogens is 3. The Kier molecular flexibility index (Phi) is 4.52. The molecule has 0 aliphatic carbocycles. The van der Waals surface area contributed by atoms with Crippen LogP contribution in [-0.2, 0) is 16.6 Å². The first-order valence-corrected chi connectivity index (χ1v) is 7.51. The van der Waals surface area contributed by atoms with Gasteiger partial charge in [-0.3, -0.25) is 0 Å². The van der Waals surface area contributed by atoms with Gasteiger partial charge in [0.2, 0.25) is 10.0 Å². The molecule has 1 N–H and O–H groups in total. The van der Waals surface area contributed by atoms with Gasteiger partial charge in [-0.1, -0.05) is 11.6 Å². The minimum atomic E-state index is -3.51. The van der Waals surface area contributed by atoms with Crippen LogP contribution in [-0.4, -0.2) is 29.5 Å². The van der Waals surface area contributed by atoms with Gasteiger partial charge in [-0.05, 0) is 18.6 Å². The van der Waals surface area contributed by atoms with E-state index in [9.17, 15) is 8.42 Å². The van der Waals surface area contributed by atoms with Crippen LogP contribution in [0.25, 0.3) is 0 Å². The Balaban J connectivity index is 1.86. The molecular weight excluding hydrogens is 288 g/mol. The highest BCUT2D eigenvalue weighted by atomic mass is 35.5. The van der Waals surface area contributed by atoms with Gasteiger partial charge >= 0.3 is 0 Å². The Hall–Kier alpha value is -1.44. The van der Waals surface area contributed by atoms with Gasteiger partial charge in [-0.15, -0.1) is 0 Å². The molecule has 0 saturated carbocycles. The molecule has 0 spiro atoms. The topological polar surface area (TPSA) is 76.9 Å². The van der Waals surface area contributed by atoms with Gasteiger partial charge in [-0.25, -0.2) is 23.1 Å². The molecule has 2 rings (SSSR count). The average Bonchev–Trinajstić information content (AvgIpc) is 2.88. The molecule has 0 aliphatic heterocycles. The van der Waals surface area contributed by atoms with Crippen LogP contribution >= 0.6 is 11.6 Å². The van der Waals surface area contributed by atoms with Crippen molar-refractivity contribution >= 4 is 21.6 Å². The summed E-state index contributed by atoms with van der Waals surface area (Å²) in [5.41, 5.74) is 0. The van der Waals surface area contributed by atoms with Gasteiger partial charge in [-0.2, -0.15) is 0 Å². The molecule has 0 aliphatic rings. The van der Waals surface area contributed by atoms with Crippen molar-refractivity contribution in [3.63, 3.8) is 0 Å². The van der Waals surface area contributed by atoms with Crippen molar-refractivity contribution in [1.82, 2.24) is 19.3 Å². The second-order valence-corrected chi connectivity index (χ2v) is 6.02. The van der Waals surface area contributed by atoms with E-state index >= 15 is 0 Å². The van der Waals surface area contributed by atoms with Crippen molar-refractivity contribution < 1.29 is 8.42 Å². The molecule has 0 aromatic carbocycles. The van der Waals surface area contributed by atoms with Crippen LogP contribution in [0.3, 0.4) is 0 Å². The van der Waals surface area contributed by atoms with Crippen molar-refractivity contribution in [2.45, 2.75) is 17.9 Å². The van der Waals surface area contributed by atoms with Gasteiger partial charge < -0.3 is 4.57 Å². The summed E-state index contributed by atoms with van der Waals surface area (Å²) in [6, 6.07) is 2.87. The monoisotopic (exact) mass is 300 g/mol. The highest BCUT2D eigenvalue weighted by molar-refractivity contribution is 7.89. The third-order valence-corrected chi connectivity index (χ3v) is 4.12. The van der Waals surface area contributed by atoms with Crippen molar-refractivity contribution in [3.8, 4) is 0 Å². The van der Waals surface area contributed by atoms with E-state index < -0.39 is 10.0 Å². The van der Waals surface area contributed by atoms with Gasteiger partial charge in [0.15, 0.2) is 0 Å². The maximum Gasteiger partial charge on any atom is 0.242 e. The summed E-state index contributed by atoms with van der Waals surface area (Å²) in [6.45, 7) is 1.06. The van der Waals surface area contributed by atoms with E-state index in [1.807, 2.05) is 10.8 Å². The van der Waals surface area contributed by atoms with E-state index in [0.717, 1.165) is 0 Å². The number of hydrogen-bond acceptors (Lipinski definition) is 4. The number of aryl methyl sites for hydroxylation is 1. The molecular formula is C11H13ClN4O2S. The van der Waals surface area contributed by atoms with Crippen LogP contribution < -0.4 is 4.72 Å². The third kappa shape index (κ3) is 4.02. The predicted molar refractivity (Wildman–Crippen MR) is 71.3 cm³/mol. The maximum absolute atomic E-state index is 11.9. The fourth-order valence-corrected chi connectivity index (χ4v) is 2.62. The van der Waals surface area contributed by atoms with Crippen molar-refractivity contribution in [1.29, 1.82) is 0 Å². The van der Waals surface area contributed by atoms with E-state index in [1.165, 1.54) is 18.3 Å². The van der Waals surface area contributed by atoms with Crippen LogP contribution in [0.2, 0.25) is 5.15 Å². The normalized spacial score (nSPS) is 11.6. The number of hydrogen-bond donors (Lipinski definition) is 1. The summed E-state index contributed by atoms with van der Waals surface area (Å²) in [5.74, 6) is 0. The molecule has 0 fully saturated rings. The predicted octanol–water partition coefficient (Wildman–Crippen LogP) is 1.30. The van der Waals surface area contributed by atoms with Gasteiger partial charge in [0.05, 0.1) is 6.33 Å². The summed E-state index contributed by atoms with van der Waals surface area (Å²) < 4.78 is 28.2. The van der Waals surface area contributed by atoms with Gasteiger partial charge in [0.25, 0.3) is 0 Å². The number of imidazole rings is 1. The SMILES string of the molecule is O=S(=O)(NCCCn1ccnc1)c1ccc(Cl)nc1. The summed E-state index contributed by atoms with van der Waals surface area (Å²) >= 11 is 5.61. The number of halogens is 1. The molecule has 8 heteroatoms. The molecule has 2 aromatic heterocycles. The minimum Gasteiger partial charge on any atom is -0.337 e. The average molecular weight is 301 g/mol. The lowest BCUT2D eigenvalue weighted by Crippen LogP contribution is -2.25. The first-order valence-electron chi connectivity index (χ1n) is 5.65. The summed E-state index contributed by atoms with van der Waals surface area (Å²) in [5, 5.41) is 0.263. The van der Waals surface area contributed by atoms with E-state index in [-0.39, 0.29) is 10.0 Å². The minimum absolute atomic E-state index is 0.111. The van der Waals surface area contributed by atoms with Crippen LogP contribution in [0.1, 0.15) is 6.42 Å². The van der Waals surface area contributed by atoms with Crippen molar-refractivity contribution in [2.24, 2.45) is 0 Å². The molecule has 6 nitrogen and oxygen atoms in total. The summed E-state index contributed by atoms with van der Waals surface area (Å²) in [6.07, 6.45) is 7.12. The third-order valence-electron chi connectivity index (χ3n) is 2.45. The molecule has 0 atom stereocenters. The number of pyridine rings is 1. The number of rotatable bonds is 6. The fourth-order valence-electron chi connectivity index (χ4n) is 1.49. The van der Waals surface area contributed by atoms with Crippen molar-refractivity contribution in [3.05, 3.63) is 42.2 Å². The largest absolute Gasteiger partial charge is 0.337 e. The molecule has 0 bridgehead atoms. The Labute approximate surface area is 116 Å². The molecule has 0 amide bonds. The lowest BCUT2D eigenvalue weighted by Gasteiger charge is -2.06. The maximum atomic E-state index is 11.9. The molecule has 2 heterocycles. The molecule has 0 saturated heterocycles. The van der Waals surface area contributed by atoms with Crippen molar-refractivity contribution in [2.75, 3.05) is 6.54 Å². The van der Waals surface area contributed by atoms with E-state index in [2.05, 4.69) is 14.7 Å². The highest BCUT2D eigenvalue weighted by Crippen LogP contribution is 2.10. The van der Waals surface area contributed by atoms with Gasteiger partial charge in [0.1, 0.15) is 10.0 Å². The highest BCUT2D eigenvalue weighted by Gasteiger charge is 2.13. The molecule has 2 aromatic rings. The first-order chi connectivity index (χ1) is 9.08. The number of nitrogens with one attached hydrogen (secondary N) is 1. The molecule has 0 radical (unpaired) electrons. The van der Waals surface area contributed by atoms with E-state index in [1.54, 1.807) is 12.5 Å². The zero-order valence-electron chi connectivity index (χ0n) is 10.0. The zero-order valence-corrected chi connectivity index (χ0v) is 11.6. The zero-order chi connectivity index (χ0) is 13.7. The Morgan fingerprint density at radius 2 is 2.21 bits per heavy atom.